The Hall–Kier alpha value is -0.530. The zero-order valence-electron chi connectivity index (χ0n) is 4.29. The van der Waals surface area contributed by atoms with E-state index in [1.807, 2.05) is 0 Å². The minimum Gasteiger partial charge on any atom is -0.386 e. The van der Waals surface area contributed by atoms with Gasteiger partial charge in [0.2, 0.25) is 0 Å². The molecule has 0 saturated heterocycles. The van der Waals surface area contributed by atoms with E-state index in [2.05, 4.69) is 5.32 Å². The fourth-order valence-corrected chi connectivity index (χ4v) is 0.643. The smallest absolute Gasteiger partial charge is 0.120 e. The Balaban J connectivity index is 2.64. The molecule has 7 heavy (non-hydrogen) atoms. The van der Waals surface area contributed by atoms with E-state index >= 15 is 0 Å². The Kier molecular flexibility index (Phi) is 1.01. The molecule has 1 aliphatic rings. The van der Waals surface area contributed by atoms with E-state index in [9.17, 15) is 4.39 Å². The van der Waals surface area contributed by atoms with Crippen molar-refractivity contribution in [2.24, 2.45) is 0 Å². The van der Waals surface area contributed by atoms with Crippen LogP contribution in [0, 0.1) is 0 Å². The third-order valence-electron chi connectivity index (χ3n) is 1.14. The van der Waals surface area contributed by atoms with Crippen LogP contribution < -0.4 is 5.32 Å². The summed E-state index contributed by atoms with van der Waals surface area (Å²) in [5.74, 6) is 0.0139. The maximum Gasteiger partial charge on any atom is 0.120 e. The molecule has 0 aliphatic carbocycles. The molecule has 2 heteroatoms. The Morgan fingerprint density at radius 2 is 2.43 bits per heavy atom. The Morgan fingerprint density at radius 1 is 1.71 bits per heavy atom. The van der Waals surface area contributed by atoms with Gasteiger partial charge in [-0.05, 0) is 6.92 Å². The molecule has 0 amide bonds. The van der Waals surface area contributed by atoms with Crippen LogP contribution in [0.4, 0.5) is 4.39 Å². The average Bonchev–Trinajstić information content (AvgIpc) is 1.91. The molecular formula is C5H8FN. The number of allylic oxidation sites excluding steroid dienone is 1. The summed E-state index contributed by atoms with van der Waals surface area (Å²) in [6.07, 6.45) is 0.575. The maximum atomic E-state index is 12.1. The van der Waals surface area contributed by atoms with Crippen molar-refractivity contribution in [3.05, 3.63) is 11.5 Å². The van der Waals surface area contributed by atoms with Gasteiger partial charge in [0.1, 0.15) is 5.83 Å². The van der Waals surface area contributed by atoms with Crippen molar-refractivity contribution in [3.63, 3.8) is 0 Å². The molecule has 0 aromatic heterocycles. The minimum atomic E-state index is 0.0139. The quantitative estimate of drug-likeness (QED) is 0.483. The molecule has 1 rings (SSSR count). The zero-order chi connectivity index (χ0) is 5.28. The van der Waals surface area contributed by atoms with Crippen molar-refractivity contribution in [1.82, 2.24) is 5.32 Å². The van der Waals surface area contributed by atoms with E-state index in [0.717, 1.165) is 6.54 Å². The molecule has 0 unspecified atom stereocenters. The Morgan fingerprint density at radius 3 is 2.57 bits per heavy atom. The summed E-state index contributed by atoms with van der Waals surface area (Å²) in [7, 11) is 0. The number of rotatable bonds is 0. The van der Waals surface area contributed by atoms with Crippen LogP contribution >= 0.6 is 0 Å². The summed E-state index contributed by atoms with van der Waals surface area (Å²) >= 11 is 0. The second-order valence-corrected chi connectivity index (χ2v) is 1.71. The van der Waals surface area contributed by atoms with Gasteiger partial charge in [-0.15, -0.1) is 0 Å². The third-order valence-corrected chi connectivity index (χ3v) is 1.14. The van der Waals surface area contributed by atoms with Gasteiger partial charge in [-0.1, -0.05) is 0 Å². The number of nitrogens with one attached hydrogen (secondary N) is 1. The van der Waals surface area contributed by atoms with Gasteiger partial charge in [0.15, 0.2) is 0 Å². The topological polar surface area (TPSA) is 12.0 Å². The lowest BCUT2D eigenvalue weighted by atomic mass is 10.4. The maximum absolute atomic E-state index is 12.1. The number of hydrogen-bond acceptors (Lipinski definition) is 1. The lowest BCUT2D eigenvalue weighted by Crippen LogP contribution is -2.03. The van der Waals surface area contributed by atoms with Gasteiger partial charge in [0, 0.05) is 18.7 Å². The first-order valence-electron chi connectivity index (χ1n) is 2.40. The highest BCUT2D eigenvalue weighted by Crippen LogP contribution is 2.12. The zero-order valence-corrected chi connectivity index (χ0v) is 4.29. The first-order chi connectivity index (χ1) is 3.30. The number of halogens is 1. The van der Waals surface area contributed by atoms with Crippen LogP contribution in [0.2, 0.25) is 0 Å². The second kappa shape index (κ2) is 1.52. The summed E-state index contributed by atoms with van der Waals surface area (Å²) in [6.45, 7) is 2.53. The van der Waals surface area contributed by atoms with Crippen LogP contribution in [-0.4, -0.2) is 6.54 Å². The summed E-state index contributed by atoms with van der Waals surface area (Å²) in [6, 6.07) is 0. The standard InChI is InChI=1S/C5H8FN/c1-4-5(6)2-3-7-4/h7H,2-3H2,1H3. The van der Waals surface area contributed by atoms with Crippen LogP contribution in [0.15, 0.2) is 11.5 Å². The van der Waals surface area contributed by atoms with Crippen molar-refractivity contribution < 1.29 is 4.39 Å². The highest BCUT2D eigenvalue weighted by atomic mass is 19.1. The molecule has 40 valence electrons. The largest absolute Gasteiger partial charge is 0.386 e. The van der Waals surface area contributed by atoms with Crippen LogP contribution in [0.1, 0.15) is 13.3 Å². The molecule has 0 fully saturated rings. The molecule has 0 aromatic rings. The predicted molar refractivity (Wildman–Crippen MR) is 26.4 cm³/mol. The molecule has 0 saturated carbocycles. The van der Waals surface area contributed by atoms with E-state index in [1.54, 1.807) is 6.92 Å². The predicted octanol–water partition coefficient (Wildman–Crippen LogP) is 1.18. The van der Waals surface area contributed by atoms with Gasteiger partial charge >= 0.3 is 0 Å². The van der Waals surface area contributed by atoms with Crippen LogP contribution in [0.3, 0.4) is 0 Å². The fraction of sp³-hybridized carbons (Fsp3) is 0.600. The van der Waals surface area contributed by atoms with E-state index in [-0.39, 0.29) is 5.83 Å². The monoisotopic (exact) mass is 101 g/mol. The van der Waals surface area contributed by atoms with Crippen LogP contribution in [-0.2, 0) is 0 Å². The molecule has 1 N–H and O–H groups in total. The molecule has 0 aromatic carbocycles. The minimum absolute atomic E-state index is 0.0139. The summed E-state index contributed by atoms with van der Waals surface area (Å²) in [5, 5.41) is 2.87. The van der Waals surface area contributed by atoms with E-state index in [4.69, 9.17) is 0 Å². The normalized spacial score (nSPS) is 20.3. The van der Waals surface area contributed by atoms with Gasteiger partial charge in [0.05, 0.1) is 0 Å². The molecule has 1 aliphatic heterocycles. The Bertz CT molecular complexity index is 94.6. The van der Waals surface area contributed by atoms with Crippen molar-refractivity contribution in [2.45, 2.75) is 13.3 Å². The van der Waals surface area contributed by atoms with Crippen molar-refractivity contribution in [1.29, 1.82) is 0 Å². The molecule has 0 spiro atoms. The molecule has 1 nitrogen and oxygen atoms in total. The summed E-state index contributed by atoms with van der Waals surface area (Å²) in [5.41, 5.74) is 0.708. The first-order valence-corrected chi connectivity index (χ1v) is 2.40. The van der Waals surface area contributed by atoms with Gasteiger partial charge in [-0.25, -0.2) is 4.39 Å². The highest BCUT2D eigenvalue weighted by Gasteiger charge is 2.06. The third kappa shape index (κ3) is 0.734. The first kappa shape index (κ1) is 4.62. The van der Waals surface area contributed by atoms with Crippen LogP contribution in [0.25, 0.3) is 0 Å². The number of hydrogen-bond donors (Lipinski definition) is 1. The van der Waals surface area contributed by atoms with Crippen LogP contribution in [0.5, 0.6) is 0 Å². The lowest BCUT2D eigenvalue weighted by molar-refractivity contribution is 0.607. The van der Waals surface area contributed by atoms with E-state index in [1.165, 1.54) is 0 Å². The fourth-order valence-electron chi connectivity index (χ4n) is 0.643. The lowest BCUT2D eigenvalue weighted by Gasteiger charge is -1.88. The summed E-state index contributed by atoms with van der Waals surface area (Å²) in [4.78, 5) is 0. The molecule has 0 radical (unpaired) electrons. The van der Waals surface area contributed by atoms with Gasteiger partial charge < -0.3 is 5.32 Å². The molecule has 0 atom stereocenters. The van der Waals surface area contributed by atoms with E-state index in [0.29, 0.717) is 12.1 Å². The molecule has 0 bridgehead atoms. The highest BCUT2D eigenvalue weighted by molar-refractivity contribution is 5.08. The second-order valence-electron chi connectivity index (χ2n) is 1.71. The van der Waals surface area contributed by atoms with Crippen molar-refractivity contribution in [2.75, 3.05) is 6.54 Å². The molecular weight excluding hydrogens is 93.1 g/mol. The van der Waals surface area contributed by atoms with Crippen molar-refractivity contribution in [3.8, 4) is 0 Å². The van der Waals surface area contributed by atoms with Crippen molar-refractivity contribution >= 4 is 0 Å². The average molecular weight is 101 g/mol. The van der Waals surface area contributed by atoms with Gasteiger partial charge in [-0.3, -0.25) is 0 Å². The van der Waals surface area contributed by atoms with Gasteiger partial charge in [-0.2, -0.15) is 0 Å². The SMILES string of the molecule is CC1=C(F)CCN1. The Labute approximate surface area is 42.2 Å². The summed E-state index contributed by atoms with van der Waals surface area (Å²) < 4.78 is 12.1. The van der Waals surface area contributed by atoms with E-state index < -0.39 is 0 Å². The van der Waals surface area contributed by atoms with Gasteiger partial charge in [0.25, 0.3) is 0 Å². The molecule has 1 heterocycles.